The molecule has 0 fully saturated rings. The van der Waals surface area contributed by atoms with Crippen LogP contribution in [0.4, 0.5) is 0 Å². The monoisotopic (exact) mass is 193 g/mol. The van der Waals surface area contributed by atoms with Gasteiger partial charge < -0.3 is 14.7 Å². The normalized spacial score (nSPS) is 16.6. The number of hydrogen-bond acceptors (Lipinski definition) is 4. The second kappa shape index (κ2) is 3.21. The van der Waals surface area contributed by atoms with E-state index in [1.54, 1.807) is 12.1 Å². The Morgan fingerprint density at radius 3 is 3.00 bits per heavy atom. The van der Waals surface area contributed by atoms with Crippen LogP contribution in [0.5, 0.6) is 11.5 Å². The summed E-state index contributed by atoms with van der Waals surface area (Å²) in [6.07, 6.45) is 0. The van der Waals surface area contributed by atoms with Gasteiger partial charge >= 0.3 is 0 Å². The van der Waals surface area contributed by atoms with Crippen LogP contribution in [0.25, 0.3) is 0 Å². The molecule has 0 amide bonds. The molecule has 0 atom stereocenters. The summed E-state index contributed by atoms with van der Waals surface area (Å²) in [5, 5.41) is 13.3. The average molecular weight is 193 g/mol. The van der Waals surface area contributed by atoms with Crippen molar-refractivity contribution in [1.82, 2.24) is 0 Å². The van der Waals surface area contributed by atoms with Crippen molar-refractivity contribution >= 4 is 5.71 Å². The van der Waals surface area contributed by atoms with Crippen LogP contribution in [-0.2, 0) is 4.84 Å². The van der Waals surface area contributed by atoms with Crippen LogP contribution in [0.3, 0.4) is 0 Å². The quantitative estimate of drug-likeness (QED) is 0.686. The van der Waals surface area contributed by atoms with Crippen molar-refractivity contribution < 1.29 is 14.7 Å². The fraction of sp³-hybridized carbons (Fsp3) is 0.300. The summed E-state index contributed by atoms with van der Waals surface area (Å²) in [5.74, 6) is 0.934. The maximum absolute atomic E-state index is 9.45. The summed E-state index contributed by atoms with van der Waals surface area (Å²) >= 11 is 0. The lowest BCUT2D eigenvalue weighted by atomic mass is 10.1. The highest BCUT2D eigenvalue weighted by molar-refractivity contribution is 6.06. The number of aromatic hydroxyl groups is 1. The molecule has 0 spiro atoms. The summed E-state index contributed by atoms with van der Waals surface area (Å²) in [6.45, 7) is 2.21. The van der Waals surface area contributed by atoms with E-state index in [0.717, 1.165) is 16.8 Å². The Hall–Kier alpha value is -1.71. The molecule has 0 bridgehead atoms. The molecule has 2 rings (SSSR count). The molecule has 1 aromatic rings. The van der Waals surface area contributed by atoms with Crippen molar-refractivity contribution in [3.63, 3.8) is 0 Å². The Bertz CT molecular complexity index is 399. The molecular formula is C10H11NO3. The number of phenols is 1. The SMILES string of the molecule is CO/N=C1\COc2c1ccc(O)c2C. The zero-order valence-corrected chi connectivity index (χ0v) is 8.07. The predicted molar refractivity (Wildman–Crippen MR) is 51.9 cm³/mol. The van der Waals surface area contributed by atoms with Crippen LogP contribution in [0.2, 0.25) is 0 Å². The largest absolute Gasteiger partial charge is 0.508 e. The first kappa shape index (κ1) is 8.87. The van der Waals surface area contributed by atoms with Crippen LogP contribution < -0.4 is 4.74 Å². The van der Waals surface area contributed by atoms with E-state index in [-0.39, 0.29) is 5.75 Å². The van der Waals surface area contributed by atoms with Gasteiger partial charge in [-0.15, -0.1) is 0 Å². The third kappa shape index (κ3) is 1.19. The molecule has 0 radical (unpaired) electrons. The van der Waals surface area contributed by atoms with Crippen molar-refractivity contribution in [2.24, 2.45) is 5.16 Å². The molecule has 1 N–H and O–H groups in total. The maximum atomic E-state index is 9.45. The second-order valence-corrected chi connectivity index (χ2v) is 3.10. The van der Waals surface area contributed by atoms with Gasteiger partial charge in [0.1, 0.15) is 30.9 Å². The number of fused-ring (bicyclic) bond motifs is 1. The average Bonchev–Trinajstić information content (AvgIpc) is 2.57. The van der Waals surface area contributed by atoms with E-state index in [0.29, 0.717) is 12.4 Å². The summed E-state index contributed by atoms with van der Waals surface area (Å²) in [6, 6.07) is 3.41. The standard InChI is InChI=1S/C10H11NO3/c1-6-9(12)4-3-7-8(11-13-2)5-14-10(6)7/h3-4,12H,5H2,1-2H3/b11-8+. The lowest BCUT2D eigenvalue weighted by Gasteiger charge is -2.03. The molecule has 1 aliphatic heterocycles. The van der Waals surface area contributed by atoms with Gasteiger partial charge in [-0.25, -0.2) is 0 Å². The number of rotatable bonds is 1. The summed E-state index contributed by atoms with van der Waals surface area (Å²) in [5.41, 5.74) is 2.39. The number of ether oxygens (including phenoxy) is 1. The van der Waals surface area contributed by atoms with E-state index in [1.165, 1.54) is 7.11 Å². The topological polar surface area (TPSA) is 51.0 Å². The number of oxime groups is 1. The van der Waals surface area contributed by atoms with Crippen LogP contribution in [0.1, 0.15) is 11.1 Å². The molecule has 0 unspecified atom stereocenters. The molecule has 0 aliphatic carbocycles. The molecule has 1 aliphatic rings. The van der Waals surface area contributed by atoms with E-state index in [2.05, 4.69) is 5.16 Å². The third-order valence-corrected chi connectivity index (χ3v) is 2.24. The van der Waals surface area contributed by atoms with Gasteiger partial charge in [-0.05, 0) is 19.1 Å². The summed E-state index contributed by atoms with van der Waals surface area (Å²) < 4.78 is 5.40. The zero-order chi connectivity index (χ0) is 10.1. The van der Waals surface area contributed by atoms with E-state index in [1.807, 2.05) is 6.92 Å². The Morgan fingerprint density at radius 1 is 1.50 bits per heavy atom. The Labute approximate surface area is 81.8 Å². The number of hydrogen-bond donors (Lipinski definition) is 1. The first-order valence-corrected chi connectivity index (χ1v) is 4.30. The molecule has 14 heavy (non-hydrogen) atoms. The van der Waals surface area contributed by atoms with Crippen molar-refractivity contribution in [2.45, 2.75) is 6.92 Å². The number of benzene rings is 1. The van der Waals surface area contributed by atoms with Crippen molar-refractivity contribution in [2.75, 3.05) is 13.7 Å². The summed E-state index contributed by atoms with van der Waals surface area (Å²) in [7, 11) is 1.50. The molecule has 4 nitrogen and oxygen atoms in total. The minimum Gasteiger partial charge on any atom is -0.508 e. The highest BCUT2D eigenvalue weighted by Gasteiger charge is 2.23. The third-order valence-electron chi connectivity index (χ3n) is 2.24. The maximum Gasteiger partial charge on any atom is 0.135 e. The van der Waals surface area contributed by atoms with Gasteiger partial charge in [0, 0.05) is 11.1 Å². The van der Waals surface area contributed by atoms with Gasteiger partial charge in [0.05, 0.1) is 0 Å². The molecule has 74 valence electrons. The van der Waals surface area contributed by atoms with E-state index in [4.69, 9.17) is 9.57 Å². The first-order chi connectivity index (χ1) is 6.74. The van der Waals surface area contributed by atoms with Gasteiger partial charge in [0.2, 0.25) is 0 Å². The molecule has 0 aromatic heterocycles. The molecular weight excluding hydrogens is 182 g/mol. The fourth-order valence-corrected chi connectivity index (χ4v) is 1.50. The molecule has 0 saturated carbocycles. The minimum atomic E-state index is 0.238. The van der Waals surface area contributed by atoms with Crippen LogP contribution in [-0.4, -0.2) is 24.5 Å². The minimum absolute atomic E-state index is 0.238. The lowest BCUT2D eigenvalue weighted by molar-refractivity contribution is 0.211. The molecule has 4 heteroatoms. The Morgan fingerprint density at radius 2 is 2.29 bits per heavy atom. The van der Waals surface area contributed by atoms with E-state index < -0.39 is 0 Å². The highest BCUT2D eigenvalue weighted by atomic mass is 16.6. The van der Waals surface area contributed by atoms with Crippen LogP contribution >= 0.6 is 0 Å². The predicted octanol–water partition coefficient (Wildman–Crippen LogP) is 1.44. The Balaban J connectivity index is 2.53. The molecule has 0 saturated heterocycles. The lowest BCUT2D eigenvalue weighted by Crippen LogP contribution is -2.02. The highest BCUT2D eigenvalue weighted by Crippen LogP contribution is 2.34. The van der Waals surface area contributed by atoms with Gasteiger partial charge in [0.15, 0.2) is 0 Å². The van der Waals surface area contributed by atoms with E-state index in [9.17, 15) is 5.11 Å². The van der Waals surface area contributed by atoms with Gasteiger partial charge in [-0.3, -0.25) is 0 Å². The van der Waals surface area contributed by atoms with Gasteiger partial charge in [0.25, 0.3) is 0 Å². The zero-order valence-electron chi connectivity index (χ0n) is 8.07. The van der Waals surface area contributed by atoms with Crippen molar-refractivity contribution in [3.05, 3.63) is 23.3 Å². The summed E-state index contributed by atoms with van der Waals surface area (Å²) in [4.78, 5) is 4.70. The fourth-order valence-electron chi connectivity index (χ4n) is 1.50. The second-order valence-electron chi connectivity index (χ2n) is 3.10. The first-order valence-electron chi connectivity index (χ1n) is 4.30. The smallest absolute Gasteiger partial charge is 0.135 e. The molecule has 1 heterocycles. The number of phenolic OH excluding ortho intramolecular Hbond substituents is 1. The van der Waals surface area contributed by atoms with Crippen LogP contribution in [0, 0.1) is 6.92 Å². The van der Waals surface area contributed by atoms with Gasteiger partial charge in [-0.1, -0.05) is 5.16 Å². The van der Waals surface area contributed by atoms with Crippen molar-refractivity contribution in [3.8, 4) is 11.5 Å². The van der Waals surface area contributed by atoms with Gasteiger partial charge in [-0.2, -0.15) is 0 Å². The van der Waals surface area contributed by atoms with E-state index >= 15 is 0 Å². The number of nitrogens with zero attached hydrogens (tertiary/aromatic N) is 1. The Kier molecular flexibility index (Phi) is 2.04. The molecule has 1 aromatic carbocycles. The van der Waals surface area contributed by atoms with Crippen molar-refractivity contribution in [1.29, 1.82) is 0 Å². The van der Waals surface area contributed by atoms with Crippen LogP contribution in [0.15, 0.2) is 17.3 Å².